The molecule has 0 aliphatic rings. The molecule has 0 aromatic heterocycles. The predicted octanol–water partition coefficient (Wildman–Crippen LogP) is 3.95. The van der Waals surface area contributed by atoms with Gasteiger partial charge in [-0.05, 0) is 31.0 Å². The molecule has 4 nitrogen and oxygen atoms in total. The van der Waals surface area contributed by atoms with E-state index in [0.29, 0.717) is 32.0 Å². The van der Waals surface area contributed by atoms with E-state index in [9.17, 15) is 22.8 Å². The Labute approximate surface area is 137 Å². The third-order valence-electron chi connectivity index (χ3n) is 3.01. The highest BCUT2D eigenvalue weighted by atomic mass is 35.5. The number of carbonyl (C=O) groups excluding carboxylic acids is 2. The first kappa shape index (κ1) is 19.3. The maximum Gasteiger partial charge on any atom is 0.416 e. The fourth-order valence-electron chi connectivity index (χ4n) is 1.97. The largest absolute Gasteiger partial charge is 0.416 e. The first-order valence-electron chi connectivity index (χ1n) is 7.17. The Morgan fingerprint density at radius 1 is 1.17 bits per heavy atom. The van der Waals surface area contributed by atoms with Gasteiger partial charge in [-0.1, -0.05) is 25.4 Å². The van der Waals surface area contributed by atoms with Gasteiger partial charge in [-0.3, -0.25) is 9.59 Å². The van der Waals surface area contributed by atoms with Crippen LogP contribution in [0.2, 0.25) is 5.02 Å². The van der Waals surface area contributed by atoms with E-state index in [4.69, 9.17) is 11.6 Å². The third kappa shape index (κ3) is 5.42. The third-order valence-corrected chi connectivity index (χ3v) is 3.34. The van der Waals surface area contributed by atoms with E-state index < -0.39 is 23.6 Å². The van der Waals surface area contributed by atoms with Crippen molar-refractivity contribution >= 4 is 29.1 Å². The molecule has 0 fully saturated rings. The fraction of sp³-hybridized carbons (Fsp3) is 0.467. The molecular weight excluding hydrogens is 333 g/mol. The van der Waals surface area contributed by atoms with Crippen LogP contribution in [0.4, 0.5) is 18.9 Å². The molecule has 0 aliphatic carbocycles. The molecule has 0 saturated carbocycles. The summed E-state index contributed by atoms with van der Waals surface area (Å²) in [5.74, 6) is -1.80. The molecule has 8 heteroatoms. The minimum atomic E-state index is -4.56. The van der Waals surface area contributed by atoms with Crippen molar-refractivity contribution in [3.8, 4) is 0 Å². The average molecular weight is 351 g/mol. The van der Waals surface area contributed by atoms with Gasteiger partial charge < -0.3 is 10.2 Å². The van der Waals surface area contributed by atoms with Gasteiger partial charge in [0.25, 0.3) is 0 Å². The van der Waals surface area contributed by atoms with E-state index in [0.717, 1.165) is 12.1 Å². The van der Waals surface area contributed by atoms with Crippen LogP contribution >= 0.6 is 11.6 Å². The number of halogens is 4. The van der Waals surface area contributed by atoms with Crippen LogP contribution in [0.25, 0.3) is 0 Å². The highest BCUT2D eigenvalue weighted by Crippen LogP contribution is 2.33. The quantitative estimate of drug-likeness (QED) is 0.817. The highest BCUT2D eigenvalue weighted by Gasteiger charge is 2.31. The topological polar surface area (TPSA) is 49.4 Å². The minimum absolute atomic E-state index is 0.0725. The molecule has 0 heterocycles. The van der Waals surface area contributed by atoms with E-state index in [1.54, 1.807) is 0 Å². The molecule has 0 spiro atoms. The molecule has 0 saturated heterocycles. The zero-order chi connectivity index (χ0) is 17.6. The lowest BCUT2D eigenvalue weighted by atomic mass is 10.2. The van der Waals surface area contributed by atoms with Gasteiger partial charge in [0.1, 0.15) is 0 Å². The summed E-state index contributed by atoms with van der Waals surface area (Å²) in [6.45, 7) is 4.52. The number of anilines is 1. The van der Waals surface area contributed by atoms with Crippen LogP contribution in [-0.4, -0.2) is 29.8 Å². The Bertz CT molecular complexity index is 570. The van der Waals surface area contributed by atoms with Crippen molar-refractivity contribution in [3.05, 3.63) is 28.8 Å². The normalized spacial score (nSPS) is 11.2. The number of benzene rings is 1. The molecule has 23 heavy (non-hydrogen) atoms. The second-order valence-electron chi connectivity index (χ2n) is 4.94. The molecule has 2 amide bonds. The zero-order valence-electron chi connectivity index (χ0n) is 12.8. The number of nitrogens with zero attached hydrogens (tertiary/aromatic N) is 1. The summed E-state index contributed by atoms with van der Waals surface area (Å²) < 4.78 is 38.1. The minimum Gasteiger partial charge on any atom is -0.334 e. The summed E-state index contributed by atoms with van der Waals surface area (Å²) >= 11 is 5.79. The van der Waals surface area contributed by atoms with Crippen LogP contribution in [0.15, 0.2) is 18.2 Å². The fourth-order valence-corrected chi connectivity index (χ4v) is 2.14. The van der Waals surface area contributed by atoms with Crippen LogP contribution in [-0.2, 0) is 15.8 Å². The maximum atomic E-state index is 12.7. The number of hydrogen-bond acceptors (Lipinski definition) is 2. The van der Waals surface area contributed by atoms with Gasteiger partial charge in [-0.25, -0.2) is 0 Å². The lowest BCUT2D eigenvalue weighted by molar-refractivity contribution is -0.143. The van der Waals surface area contributed by atoms with Crippen molar-refractivity contribution < 1.29 is 22.8 Å². The van der Waals surface area contributed by atoms with E-state index in [1.807, 2.05) is 13.8 Å². The standard InChI is InChI=1S/C15H18ClF3N2O2/c1-3-7-21(8-4-2)14(23)13(22)20-12-9-10(15(17,18)19)5-6-11(12)16/h5-6,9H,3-4,7-8H2,1-2H3,(H,20,22). The van der Waals surface area contributed by atoms with E-state index in [2.05, 4.69) is 5.32 Å². The Morgan fingerprint density at radius 3 is 2.22 bits per heavy atom. The summed E-state index contributed by atoms with van der Waals surface area (Å²) in [7, 11) is 0. The van der Waals surface area contributed by atoms with Crippen molar-refractivity contribution in [1.29, 1.82) is 0 Å². The summed E-state index contributed by atoms with van der Waals surface area (Å²) in [5, 5.41) is 2.09. The zero-order valence-corrected chi connectivity index (χ0v) is 13.6. The van der Waals surface area contributed by atoms with Gasteiger partial charge in [0, 0.05) is 13.1 Å². The van der Waals surface area contributed by atoms with Crippen molar-refractivity contribution in [2.24, 2.45) is 0 Å². The Kier molecular flexibility index (Phi) is 6.87. The lowest BCUT2D eigenvalue weighted by Crippen LogP contribution is -2.40. The van der Waals surface area contributed by atoms with Gasteiger partial charge in [0.2, 0.25) is 0 Å². The number of carbonyl (C=O) groups is 2. The summed E-state index contributed by atoms with van der Waals surface area (Å²) in [5.41, 5.74) is -1.20. The van der Waals surface area contributed by atoms with Crippen LogP contribution in [0.5, 0.6) is 0 Å². The van der Waals surface area contributed by atoms with Crippen LogP contribution < -0.4 is 5.32 Å². The second kappa shape index (κ2) is 8.19. The number of rotatable bonds is 5. The van der Waals surface area contributed by atoms with Gasteiger partial charge in [-0.2, -0.15) is 13.2 Å². The van der Waals surface area contributed by atoms with Gasteiger partial charge in [0.05, 0.1) is 16.3 Å². The van der Waals surface area contributed by atoms with Crippen molar-refractivity contribution in [2.45, 2.75) is 32.9 Å². The van der Waals surface area contributed by atoms with E-state index in [-0.39, 0.29) is 10.7 Å². The molecule has 0 radical (unpaired) electrons. The Hall–Kier alpha value is -1.76. The number of nitrogens with one attached hydrogen (secondary N) is 1. The second-order valence-corrected chi connectivity index (χ2v) is 5.35. The number of alkyl halides is 3. The highest BCUT2D eigenvalue weighted by molar-refractivity contribution is 6.41. The van der Waals surface area contributed by atoms with Gasteiger partial charge in [-0.15, -0.1) is 0 Å². The SMILES string of the molecule is CCCN(CCC)C(=O)C(=O)Nc1cc(C(F)(F)F)ccc1Cl. The molecule has 0 atom stereocenters. The Balaban J connectivity index is 2.93. The summed E-state index contributed by atoms with van der Waals surface area (Å²) in [4.78, 5) is 25.4. The van der Waals surface area contributed by atoms with Crippen LogP contribution in [0.1, 0.15) is 32.3 Å². The average Bonchev–Trinajstić information content (AvgIpc) is 2.47. The van der Waals surface area contributed by atoms with Crippen molar-refractivity contribution in [2.75, 3.05) is 18.4 Å². The number of amides is 2. The van der Waals surface area contributed by atoms with Crippen LogP contribution in [0, 0.1) is 0 Å². The predicted molar refractivity (Wildman–Crippen MR) is 82.2 cm³/mol. The molecular formula is C15H18ClF3N2O2. The number of hydrogen-bond donors (Lipinski definition) is 1. The molecule has 1 rings (SSSR count). The summed E-state index contributed by atoms with van der Waals surface area (Å²) in [6.07, 6.45) is -3.22. The first-order chi connectivity index (χ1) is 10.7. The smallest absolute Gasteiger partial charge is 0.334 e. The molecule has 0 unspecified atom stereocenters. The van der Waals surface area contributed by atoms with Crippen molar-refractivity contribution in [3.63, 3.8) is 0 Å². The molecule has 0 bridgehead atoms. The van der Waals surface area contributed by atoms with Crippen LogP contribution in [0.3, 0.4) is 0 Å². The molecule has 0 aliphatic heterocycles. The molecule has 1 N–H and O–H groups in total. The molecule has 1 aromatic rings. The van der Waals surface area contributed by atoms with Gasteiger partial charge in [0.15, 0.2) is 0 Å². The van der Waals surface area contributed by atoms with E-state index in [1.165, 1.54) is 4.90 Å². The van der Waals surface area contributed by atoms with E-state index >= 15 is 0 Å². The monoisotopic (exact) mass is 350 g/mol. The summed E-state index contributed by atoms with van der Waals surface area (Å²) in [6, 6.07) is 2.54. The molecule has 128 valence electrons. The maximum absolute atomic E-state index is 12.7. The first-order valence-corrected chi connectivity index (χ1v) is 7.55. The Morgan fingerprint density at radius 2 is 1.74 bits per heavy atom. The lowest BCUT2D eigenvalue weighted by Gasteiger charge is -2.21. The van der Waals surface area contributed by atoms with Crippen molar-refractivity contribution in [1.82, 2.24) is 4.90 Å². The molecule has 1 aromatic carbocycles. The van der Waals surface area contributed by atoms with Gasteiger partial charge >= 0.3 is 18.0 Å².